The monoisotopic (exact) mass is 314 g/mol. The molecule has 0 aromatic rings. The first-order chi connectivity index (χ1) is 7.68. The fourth-order valence-electron chi connectivity index (χ4n) is 0.837. The fourth-order valence-corrected chi connectivity index (χ4v) is 2.22. The van der Waals surface area contributed by atoms with Crippen molar-refractivity contribution >= 4 is 23.8 Å². The van der Waals surface area contributed by atoms with E-state index in [2.05, 4.69) is 15.9 Å². The van der Waals surface area contributed by atoms with Gasteiger partial charge in [-0.15, -0.1) is 0 Å². The Balaban J connectivity index is 4.07. The van der Waals surface area contributed by atoms with Crippen molar-refractivity contribution in [1.29, 1.82) is 0 Å². The van der Waals surface area contributed by atoms with E-state index in [9.17, 15) is 4.57 Å². The van der Waals surface area contributed by atoms with Gasteiger partial charge in [0.25, 0.3) is 0 Å². The van der Waals surface area contributed by atoms with Gasteiger partial charge in [-0.2, -0.15) is 0 Å². The third kappa shape index (κ3) is 8.34. The molecule has 0 N–H and O–H groups in total. The summed E-state index contributed by atoms with van der Waals surface area (Å²) in [6.07, 6.45) is 4.89. The summed E-state index contributed by atoms with van der Waals surface area (Å²) in [5, 5.41) is 0. The number of halogens is 1. The molecule has 0 aromatic heterocycles. The van der Waals surface area contributed by atoms with Crippen LogP contribution < -0.4 is 0 Å². The van der Waals surface area contributed by atoms with Crippen LogP contribution in [0.25, 0.3) is 0 Å². The molecule has 0 aliphatic rings. The molecular weight excluding hydrogens is 295 g/mol. The molecule has 0 aliphatic heterocycles. The van der Waals surface area contributed by atoms with Gasteiger partial charge in [0.05, 0.1) is 13.2 Å². The van der Waals surface area contributed by atoms with Crippen molar-refractivity contribution in [2.45, 2.75) is 39.5 Å². The van der Waals surface area contributed by atoms with Crippen LogP contribution in [-0.2, 0) is 18.1 Å². The van der Waals surface area contributed by atoms with Crippen LogP contribution in [0.4, 0.5) is 0 Å². The molecule has 0 saturated carbocycles. The first-order valence-electron chi connectivity index (χ1n) is 5.51. The van der Waals surface area contributed by atoms with Crippen molar-refractivity contribution in [3.63, 3.8) is 0 Å². The van der Waals surface area contributed by atoms with Crippen LogP contribution in [0.15, 0.2) is 11.2 Å². The number of phosphoric ester groups is 1. The molecule has 0 saturated heterocycles. The molecule has 96 valence electrons. The van der Waals surface area contributed by atoms with Crippen LogP contribution in [0.1, 0.15) is 39.5 Å². The van der Waals surface area contributed by atoms with Crippen molar-refractivity contribution < 1.29 is 18.1 Å². The summed E-state index contributed by atoms with van der Waals surface area (Å²) in [6.45, 7) is 4.84. The van der Waals surface area contributed by atoms with Gasteiger partial charge in [0.15, 0.2) is 0 Å². The maximum atomic E-state index is 12.0. The summed E-state index contributed by atoms with van der Waals surface area (Å²) in [7, 11) is -3.41. The molecule has 0 rings (SSSR count). The highest BCUT2D eigenvalue weighted by Gasteiger charge is 2.26. The Kier molecular flexibility index (Phi) is 10.4. The van der Waals surface area contributed by atoms with Gasteiger partial charge in [0.1, 0.15) is 6.26 Å². The van der Waals surface area contributed by atoms with Crippen molar-refractivity contribution in [2.24, 2.45) is 0 Å². The van der Waals surface area contributed by atoms with E-state index in [0.29, 0.717) is 13.2 Å². The second kappa shape index (κ2) is 10.3. The first-order valence-corrected chi connectivity index (χ1v) is 7.89. The van der Waals surface area contributed by atoms with E-state index in [1.807, 2.05) is 13.8 Å². The third-order valence-electron chi connectivity index (χ3n) is 1.74. The second-order valence-corrected chi connectivity index (χ2v) is 5.34. The van der Waals surface area contributed by atoms with Crippen molar-refractivity contribution in [1.82, 2.24) is 0 Å². The van der Waals surface area contributed by atoms with Gasteiger partial charge in [0, 0.05) is 4.99 Å². The summed E-state index contributed by atoms with van der Waals surface area (Å²) >= 11 is 3.03. The molecule has 4 nitrogen and oxygen atoms in total. The largest absolute Gasteiger partial charge is 0.529 e. The molecular formula is C10H20BrO4P. The molecule has 0 atom stereocenters. The summed E-state index contributed by atoms with van der Waals surface area (Å²) in [4.78, 5) is 1.46. The lowest BCUT2D eigenvalue weighted by atomic mass is 10.4. The Hall–Kier alpha value is 0.170. The zero-order chi connectivity index (χ0) is 12.3. The van der Waals surface area contributed by atoms with Crippen molar-refractivity contribution in [2.75, 3.05) is 13.2 Å². The van der Waals surface area contributed by atoms with E-state index in [1.54, 1.807) is 0 Å². The molecule has 0 unspecified atom stereocenters. The topological polar surface area (TPSA) is 44.8 Å². The summed E-state index contributed by atoms with van der Waals surface area (Å²) in [5.74, 6) is 0. The van der Waals surface area contributed by atoms with Gasteiger partial charge in [-0.25, -0.2) is 4.57 Å². The minimum atomic E-state index is -3.41. The Morgan fingerprint density at radius 2 is 1.62 bits per heavy atom. The quantitative estimate of drug-likeness (QED) is 0.335. The molecule has 0 spiro atoms. The predicted molar refractivity (Wildman–Crippen MR) is 68.5 cm³/mol. The van der Waals surface area contributed by atoms with E-state index in [-0.39, 0.29) is 0 Å². The van der Waals surface area contributed by atoms with E-state index in [4.69, 9.17) is 13.6 Å². The van der Waals surface area contributed by atoms with Crippen LogP contribution in [0.2, 0.25) is 0 Å². The van der Waals surface area contributed by atoms with Crippen LogP contribution in [0.3, 0.4) is 0 Å². The number of rotatable bonds is 10. The van der Waals surface area contributed by atoms with Crippen molar-refractivity contribution in [3.05, 3.63) is 11.2 Å². The molecule has 0 amide bonds. The maximum Gasteiger partial charge on any atom is 0.529 e. The fraction of sp³-hybridized carbons (Fsp3) is 0.800. The van der Waals surface area contributed by atoms with Gasteiger partial charge < -0.3 is 4.52 Å². The lowest BCUT2D eigenvalue weighted by molar-refractivity contribution is 0.140. The molecule has 0 bridgehead atoms. The van der Waals surface area contributed by atoms with E-state index in [1.165, 1.54) is 11.2 Å². The maximum absolute atomic E-state index is 12.0. The Labute approximate surface area is 106 Å². The highest BCUT2D eigenvalue weighted by Crippen LogP contribution is 2.50. The number of phosphoric acid groups is 1. The summed E-state index contributed by atoms with van der Waals surface area (Å²) in [6, 6.07) is 0. The molecule has 16 heavy (non-hydrogen) atoms. The van der Waals surface area contributed by atoms with Gasteiger partial charge in [-0.05, 0) is 12.8 Å². The third-order valence-corrected chi connectivity index (χ3v) is 3.33. The molecule has 0 aliphatic carbocycles. The molecule has 6 heteroatoms. The summed E-state index contributed by atoms with van der Waals surface area (Å²) < 4.78 is 27.3. The highest BCUT2D eigenvalue weighted by atomic mass is 79.9. The SMILES string of the molecule is CCCCOP(=O)(O/C=C/Br)OCCCC. The van der Waals surface area contributed by atoms with E-state index < -0.39 is 7.82 Å². The number of hydrogen-bond donors (Lipinski definition) is 0. The Morgan fingerprint density at radius 3 is 2.00 bits per heavy atom. The van der Waals surface area contributed by atoms with E-state index >= 15 is 0 Å². The van der Waals surface area contributed by atoms with Crippen LogP contribution >= 0.6 is 23.8 Å². The molecule has 0 aromatic carbocycles. The molecule has 0 fully saturated rings. The van der Waals surface area contributed by atoms with Crippen molar-refractivity contribution in [3.8, 4) is 0 Å². The minimum absolute atomic E-state index is 0.385. The van der Waals surface area contributed by atoms with Crippen LogP contribution in [-0.4, -0.2) is 13.2 Å². The van der Waals surface area contributed by atoms with Gasteiger partial charge in [0.2, 0.25) is 0 Å². The zero-order valence-corrected chi connectivity index (χ0v) is 12.3. The smallest absolute Gasteiger partial charge is 0.411 e. The number of hydrogen-bond acceptors (Lipinski definition) is 4. The van der Waals surface area contributed by atoms with Gasteiger partial charge in [-0.3, -0.25) is 9.05 Å². The Morgan fingerprint density at radius 1 is 1.12 bits per heavy atom. The predicted octanol–water partition coefficient (Wildman–Crippen LogP) is 4.61. The highest BCUT2D eigenvalue weighted by molar-refractivity contribution is 9.11. The minimum Gasteiger partial charge on any atom is -0.411 e. The van der Waals surface area contributed by atoms with Gasteiger partial charge in [-0.1, -0.05) is 42.6 Å². The zero-order valence-electron chi connectivity index (χ0n) is 9.86. The number of unbranched alkanes of at least 4 members (excludes halogenated alkanes) is 2. The summed E-state index contributed by atoms with van der Waals surface area (Å²) in [5.41, 5.74) is 0. The standard InChI is InChI=1S/C10H20BrO4P/c1-3-5-8-13-16(12,15-10-7-11)14-9-6-4-2/h7,10H,3-6,8-9H2,1-2H3/b10-7+. The first kappa shape index (κ1) is 16.2. The Bertz CT molecular complexity index is 219. The lowest BCUT2D eigenvalue weighted by Gasteiger charge is -2.15. The average Bonchev–Trinajstić information content (AvgIpc) is 2.27. The van der Waals surface area contributed by atoms with Crippen LogP contribution in [0.5, 0.6) is 0 Å². The average molecular weight is 315 g/mol. The molecule has 0 heterocycles. The lowest BCUT2D eigenvalue weighted by Crippen LogP contribution is -2.00. The van der Waals surface area contributed by atoms with Gasteiger partial charge >= 0.3 is 7.82 Å². The second-order valence-electron chi connectivity index (χ2n) is 3.19. The normalized spacial score (nSPS) is 12.2. The van der Waals surface area contributed by atoms with Crippen LogP contribution in [0, 0.1) is 0 Å². The molecule has 0 radical (unpaired) electrons. The van der Waals surface area contributed by atoms with E-state index in [0.717, 1.165) is 25.7 Å².